The summed E-state index contributed by atoms with van der Waals surface area (Å²) in [6.07, 6.45) is 1.46. The Kier molecular flexibility index (Phi) is 3.87. The van der Waals surface area contributed by atoms with Gasteiger partial charge < -0.3 is 10.2 Å². The Morgan fingerprint density at radius 1 is 1.63 bits per heavy atom. The Morgan fingerprint density at radius 2 is 2.37 bits per heavy atom. The monoisotopic (exact) mass is 264 g/mol. The van der Waals surface area contributed by atoms with Gasteiger partial charge in [-0.05, 0) is 32.8 Å². The lowest BCUT2D eigenvalue weighted by atomic mass is 10.2. The average molecular weight is 264 g/mol. The van der Waals surface area contributed by atoms with Gasteiger partial charge in [0.05, 0.1) is 0 Å². The molecule has 0 spiro atoms. The van der Waals surface area contributed by atoms with Crippen LogP contribution in [0, 0.1) is 0 Å². The summed E-state index contributed by atoms with van der Waals surface area (Å²) < 4.78 is 0. The number of rotatable bonds is 4. The van der Waals surface area contributed by atoms with Crippen molar-refractivity contribution in [2.45, 2.75) is 45.7 Å². The van der Waals surface area contributed by atoms with E-state index in [0.717, 1.165) is 12.1 Å². The Labute approximate surface area is 112 Å². The summed E-state index contributed by atoms with van der Waals surface area (Å²) >= 11 is 0. The summed E-state index contributed by atoms with van der Waals surface area (Å²) in [7, 11) is 0. The van der Waals surface area contributed by atoms with E-state index in [4.69, 9.17) is 0 Å². The van der Waals surface area contributed by atoms with E-state index in [0.29, 0.717) is 18.7 Å². The minimum Gasteiger partial charge on any atom is -0.339 e. The molecule has 2 N–H and O–H groups in total. The number of carbonyl (C=O) groups excluding carboxylic acids is 2. The Hall–Kier alpha value is -1.85. The van der Waals surface area contributed by atoms with Gasteiger partial charge >= 0.3 is 0 Å². The number of aromatic nitrogens is 2. The predicted molar refractivity (Wildman–Crippen MR) is 70.7 cm³/mol. The zero-order valence-corrected chi connectivity index (χ0v) is 11.6. The number of carbonyl (C=O) groups is 2. The number of likely N-dealkylation sites (tertiary alicyclic amines) is 1. The summed E-state index contributed by atoms with van der Waals surface area (Å²) in [5.74, 6) is -0.297. The SMILES string of the molecule is CCc1cc(C(=O)N[C@H]2CCN(C(C)C)C2=O)n[nH]1. The highest BCUT2D eigenvalue weighted by Gasteiger charge is 2.34. The van der Waals surface area contributed by atoms with Crippen LogP contribution in [0.4, 0.5) is 0 Å². The van der Waals surface area contributed by atoms with Crippen molar-refractivity contribution in [1.82, 2.24) is 20.4 Å². The topological polar surface area (TPSA) is 78.1 Å². The molecular formula is C13H20N4O2. The largest absolute Gasteiger partial charge is 0.339 e. The molecule has 0 aromatic carbocycles. The van der Waals surface area contributed by atoms with E-state index in [1.54, 1.807) is 11.0 Å². The second-order valence-electron chi connectivity index (χ2n) is 5.07. The minimum absolute atomic E-state index is 0.00500. The molecule has 0 saturated carbocycles. The molecule has 0 unspecified atom stereocenters. The van der Waals surface area contributed by atoms with Crippen LogP contribution in [0.3, 0.4) is 0 Å². The summed E-state index contributed by atoms with van der Waals surface area (Å²) in [5, 5.41) is 9.49. The number of aryl methyl sites for hydroxylation is 1. The molecule has 0 bridgehead atoms. The van der Waals surface area contributed by atoms with Gasteiger partial charge in [-0.25, -0.2) is 0 Å². The Bertz CT molecular complexity index is 481. The van der Waals surface area contributed by atoms with E-state index in [-0.39, 0.29) is 17.9 Å². The first-order valence-corrected chi connectivity index (χ1v) is 6.68. The maximum Gasteiger partial charge on any atom is 0.272 e. The van der Waals surface area contributed by atoms with Crippen molar-refractivity contribution in [1.29, 1.82) is 0 Å². The first-order valence-electron chi connectivity index (χ1n) is 6.68. The van der Waals surface area contributed by atoms with E-state index in [1.807, 2.05) is 20.8 Å². The van der Waals surface area contributed by atoms with Crippen LogP contribution in [-0.4, -0.2) is 45.5 Å². The van der Waals surface area contributed by atoms with Gasteiger partial charge in [0.2, 0.25) is 5.91 Å². The first kappa shape index (κ1) is 13.6. The van der Waals surface area contributed by atoms with E-state index < -0.39 is 6.04 Å². The maximum absolute atomic E-state index is 12.1. The predicted octanol–water partition coefficient (Wildman–Crippen LogP) is 0.711. The third kappa shape index (κ3) is 2.77. The fourth-order valence-corrected chi connectivity index (χ4v) is 2.24. The lowest BCUT2D eigenvalue weighted by molar-refractivity contribution is -0.130. The fourth-order valence-electron chi connectivity index (χ4n) is 2.24. The smallest absolute Gasteiger partial charge is 0.272 e. The molecule has 1 aliphatic heterocycles. The van der Waals surface area contributed by atoms with Gasteiger partial charge in [0.15, 0.2) is 0 Å². The maximum atomic E-state index is 12.1. The first-order chi connectivity index (χ1) is 9.02. The molecule has 2 amide bonds. The van der Waals surface area contributed by atoms with Crippen LogP contribution >= 0.6 is 0 Å². The molecular weight excluding hydrogens is 244 g/mol. The van der Waals surface area contributed by atoms with Gasteiger partial charge in [0.25, 0.3) is 5.91 Å². The standard InChI is InChI=1S/C13H20N4O2/c1-4-9-7-11(16-15-9)12(18)14-10-5-6-17(8(2)3)13(10)19/h7-8,10H,4-6H2,1-3H3,(H,14,18)(H,15,16)/t10-/m0/s1. The molecule has 6 heteroatoms. The highest BCUT2D eigenvalue weighted by atomic mass is 16.2. The highest BCUT2D eigenvalue weighted by molar-refractivity contribution is 5.96. The molecule has 104 valence electrons. The molecule has 1 saturated heterocycles. The molecule has 1 fully saturated rings. The minimum atomic E-state index is -0.420. The van der Waals surface area contributed by atoms with Crippen LogP contribution in [-0.2, 0) is 11.2 Å². The van der Waals surface area contributed by atoms with E-state index in [2.05, 4.69) is 15.5 Å². The number of H-pyrrole nitrogens is 1. The molecule has 1 aliphatic rings. The van der Waals surface area contributed by atoms with Crippen LogP contribution in [0.5, 0.6) is 0 Å². The zero-order valence-electron chi connectivity index (χ0n) is 11.6. The van der Waals surface area contributed by atoms with Gasteiger partial charge in [-0.1, -0.05) is 6.92 Å². The van der Waals surface area contributed by atoms with Crippen LogP contribution in [0.2, 0.25) is 0 Å². The van der Waals surface area contributed by atoms with Gasteiger partial charge in [-0.15, -0.1) is 0 Å². The normalized spacial score (nSPS) is 19.3. The van der Waals surface area contributed by atoms with Crippen LogP contribution in [0.15, 0.2) is 6.07 Å². The van der Waals surface area contributed by atoms with E-state index in [1.165, 1.54) is 0 Å². The molecule has 0 aliphatic carbocycles. The summed E-state index contributed by atoms with van der Waals surface area (Å²) in [5.41, 5.74) is 1.25. The third-order valence-corrected chi connectivity index (χ3v) is 3.41. The number of nitrogens with one attached hydrogen (secondary N) is 2. The van der Waals surface area contributed by atoms with Crippen molar-refractivity contribution in [3.8, 4) is 0 Å². The zero-order chi connectivity index (χ0) is 14.0. The number of aromatic amines is 1. The summed E-state index contributed by atoms with van der Waals surface area (Å²) in [6.45, 7) is 6.63. The number of nitrogens with zero attached hydrogens (tertiary/aromatic N) is 2. The second kappa shape index (κ2) is 5.42. The van der Waals surface area contributed by atoms with E-state index >= 15 is 0 Å². The fraction of sp³-hybridized carbons (Fsp3) is 0.615. The lowest BCUT2D eigenvalue weighted by Crippen LogP contribution is -2.43. The van der Waals surface area contributed by atoms with Crippen molar-refractivity contribution in [2.24, 2.45) is 0 Å². The lowest BCUT2D eigenvalue weighted by Gasteiger charge is -2.20. The number of hydrogen-bond donors (Lipinski definition) is 2. The number of hydrogen-bond acceptors (Lipinski definition) is 3. The molecule has 2 heterocycles. The Morgan fingerprint density at radius 3 is 2.89 bits per heavy atom. The molecule has 2 rings (SSSR count). The van der Waals surface area contributed by atoms with E-state index in [9.17, 15) is 9.59 Å². The third-order valence-electron chi connectivity index (χ3n) is 3.41. The quantitative estimate of drug-likeness (QED) is 0.840. The molecule has 0 radical (unpaired) electrons. The second-order valence-corrected chi connectivity index (χ2v) is 5.07. The highest BCUT2D eigenvalue weighted by Crippen LogP contribution is 2.14. The summed E-state index contributed by atoms with van der Waals surface area (Å²) in [4.78, 5) is 25.8. The van der Waals surface area contributed by atoms with Crippen molar-refractivity contribution in [3.63, 3.8) is 0 Å². The van der Waals surface area contributed by atoms with Crippen molar-refractivity contribution < 1.29 is 9.59 Å². The van der Waals surface area contributed by atoms with Crippen molar-refractivity contribution in [3.05, 3.63) is 17.5 Å². The summed E-state index contributed by atoms with van der Waals surface area (Å²) in [6, 6.07) is 1.47. The van der Waals surface area contributed by atoms with Crippen LogP contribution in [0.25, 0.3) is 0 Å². The van der Waals surface area contributed by atoms with Crippen molar-refractivity contribution in [2.75, 3.05) is 6.54 Å². The van der Waals surface area contributed by atoms with Gasteiger partial charge in [0, 0.05) is 18.3 Å². The van der Waals surface area contributed by atoms with Gasteiger partial charge in [-0.3, -0.25) is 14.7 Å². The average Bonchev–Trinajstić information content (AvgIpc) is 2.97. The molecule has 1 atom stereocenters. The number of amides is 2. The molecule has 6 nitrogen and oxygen atoms in total. The van der Waals surface area contributed by atoms with Crippen LogP contribution < -0.4 is 5.32 Å². The van der Waals surface area contributed by atoms with Crippen LogP contribution in [0.1, 0.15) is 43.4 Å². The molecule has 19 heavy (non-hydrogen) atoms. The molecule has 1 aromatic rings. The van der Waals surface area contributed by atoms with Gasteiger partial charge in [-0.2, -0.15) is 5.10 Å². The van der Waals surface area contributed by atoms with Crippen molar-refractivity contribution >= 4 is 11.8 Å². The van der Waals surface area contributed by atoms with Gasteiger partial charge in [0.1, 0.15) is 11.7 Å². The Balaban J connectivity index is 1.98. The molecule has 1 aromatic heterocycles.